The summed E-state index contributed by atoms with van der Waals surface area (Å²) in [6, 6.07) is 24.3. The van der Waals surface area contributed by atoms with E-state index in [-0.39, 0.29) is 0 Å². The van der Waals surface area contributed by atoms with Crippen LogP contribution in [0.2, 0.25) is 9.36 Å². The van der Waals surface area contributed by atoms with E-state index in [2.05, 4.69) is 5.32 Å². The molecule has 0 spiro atoms. The molecule has 188 valence electrons. The topological polar surface area (TPSA) is 75.6 Å². The number of halogens is 2. The van der Waals surface area contributed by atoms with E-state index in [1.54, 1.807) is 25.1 Å². The lowest BCUT2D eigenvalue weighted by molar-refractivity contribution is -0.140. The Balaban J connectivity index is 1.40. The van der Waals surface area contributed by atoms with Gasteiger partial charge in [-0.15, -0.1) is 11.3 Å². The summed E-state index contributed by atoms with van der Waals surface area (Å²) in [5.41, 5.74) is 4.23. The normalized spacial score (nSPS) is 14.6. The molecule has 1 heterocycles. The molecule has 0 saturated heterocycles. The molecule has 5 nitrogen and oxygen atoms in total. The number of carboxylic acids is 1. The van der Waals surface area contributed by atoms with E-state index in [4.69, 9.17) is 27.9 Å². The molecule has 1 amide bonds. The minimum atomic E-state index is -0.776. The number of thiophene rings is 1. The van der Waals surface area contributed by atoms with Crippen molar-refractivity contribution in [1.82, 2.24) is 0 Å². The molecule has 1 aliphatic carbocycles. The van der Waals surface area contributed by atoms with Crippen molar-refractivity contribution in [2.24, 2.45) is 0 Å². The number of carbonyl (C=O) groups is 2. The molecule has 4 aromatic rings. The van der Waals surface area contributed by atoms with Crippen LogP contribution in [-0.2, 0) is 14.9 Å². The van der Waals surface area contributed by atoms with Gasteiger partial charge in [-0.1, -0.05) is 83.9 Å². The Morgan fingerprint density at radius 3 is 2.24 bits per heavy atom. The molecule has 3 aromatic carbocycles. The maximum atomic E-state index is 12.8. The summed E-state index contributed by atoms with van der Waals surface area (Å²) >= 11 is 13.7. The second kappa shape index (κ2) is 10.2. The zero-order valence-corrected chi connectivity index (χ0v) is 22.2. The van der Waals surface area contributed by atoms with Crippen molar-refractivity contribution in [3.8, 4) is 21.6 Å². The highest BCUT2D eigenvalue weighted by Crippen LogP contribution is 2.49. The third kappa shape index (κ3) is 5.23. The molecular weight excluding hydrogens is 529 g/mol. The van der Waals surface area contributed by atoms with Crippen LogP contribution >= 0.6 is 34.5 Å². The molecule has 1 aliphatic rings. The second-order valence-corrected chi connectivity index (χ2v) is 11.1. The van der Waals surface area contributed by atoms with Gasteiger partial charge in [-0.3, -0.25) is 10.1 Å². The van der Waals surface area contributed by atoms with E-state index in [0.717, 1.165) is 32.7 Å². The van der Waals surface area contributed by atoms with Gasteiger partial charge in [0.05, 0.1) is 20.3 Å². The van der Waals surface area contributed by atoms with E-state index < -0.39 is 23.6 Å². The number of aliphatic carboxylic acids is 1. The maximum Gasteiger partial charge on any atom is 0.412 e. The summed E-state index contributed by atoms with van der Waals surface area (Å²) in [4.78, 5) is 25.3. The molecule has 8 heteroatoms. The second-order valence-electron chi connectivity index (χ2n) is 9.03. The Hall–Kier alpha value is -3.32. The number of hydrogen-bond donors (Lipinski definition) is 2. The number of benzene rings is 3. The molecular formula is C29H23Cl2NO4S. The van der Waals surface area contributed by atoms with Crippen LogP contribution in [0, 0.1) is 0 Å². The number of hydrogen-bond acceptors (Lipinski definition) is 4. The first-order chi connectivity index (χ1) is 17.8. The van der Waals surface area contributed by atoms with E-state index >= 15 is 0 Å². The van der Waals surface area contributed by atoms with E-state index in [0.29, 0.717) is 27.9 Å². The number of carboxylic acid groups (broad SMARTS) is 1. The number of carbonyl (C=O) groups excluding carboxylic acids is 1. The highest BCUT2D eigenvalue weighted by atomic mass is 35.5. The standard InChI is InChI=1S/C29H23Cl2NO4S/c1-17(18-8-12-21(30)13-9-18)36-28(35)32-24-16-25(31)37-26(24)23-5-3-2-4-22(23)19-6-10-20(11-7-19)29(14-15-29)27(33)34/h2-13,16-17H,14-15H2,1H3,(H,32,35)(H,33,34). The molecule has 1 atom stereocenters. The molecule has 37 heavy (non-hydrogen) atoms. The van der Waals surface area contributed by atoms with Gasteiger partial charge in [0.1, 0.15) is 6.10 Å². The smallest absolute Gasteiger partial charge is 0.412 e. The number of anilines is 1. The fraction of sp³-hybridized carbons (Fsp3) is 0.172. The Bertz CT molecular complexity index is 1460. The molecule has 2 N–H and O–H groups in total. The molecule has 1 saturated carbocycles. The van der Waals surface area contributed by atoms with Gasteiger partial charge in [-0.05, 0) is 60.2 Å². The third-order valence-corrected chi connectivity index (χ3v) is 8.19. The van der Waals surface area contributed by atoms with Gasteiger partial charge in [0.2, 0.25) is 0 Å². The van der Waals surface area contributed by atoms with Crippen LogP contribution in [0.1, 0.15) is 37.0 Å². The van der Waals surface area contributed by atoms with Crippen molar-refractivity contribution < 1.29 is 19.4 Å². The van der Waals surface area contributed by atoms with Crippen molar-refractivity contribution in [3.63, 3.8) is 0 Å². The van der Waals surface area contributed by atoms with Crippen LogP contribution in [0.5, 0.6) is 0 Å². The molecule has 1 aromatic heterocycles. The van der Waals surface area contributed by atoms with Crippen molar-refractivity contribution in [2.75, 3.05) is 5.32 Å². The van der Waals surface area contributed by atoms with E-state index in [9.17, 15) is 14.7 Å². The summed E-state index contributed by atoms with van der Waals surface area (Å²) in [6.45, 7) is 1.79. The predicted molar refractivity (Wildman–Crippen MR) is 149 cm³/mol. The summed E-state index contributed by atoms with van der Waals surface area (Å²) in [5.74, 6) is -0.776. The zero-order chi connectivity index (χ0) is 26.2. The van der Waals surface area contributed by atoms with Gasteiger partial charge in [-0.2, -0.15) is 0 Å². The van der Waals surface area contributed by atoms with Gasteiger partial charge in [-0.25, -0.2) is 4.79 Å². The fourth-order valence-corrected chi connectivity index (χ4v) is 5.75. The molecule has 0 radical (unpaired) electrons. The largest absolute Gasteiger partial charge is 0.481 e. The zero-order valence-electron chi connectivity index (χ0n) is 19.8. The maximum absolute atomic E-state index is 12.8. The Morgan fingerprint density at radius 1 is 0.973 bits per heavy atom. The van der Waals surface area contributed by atoms with Crippen molar-refractivity contribution in [3.05, 3.63) is 99.3 Å². The van der Waals surface area contributed by atoms with Crippen LogP contribution in [0.3, 0.4) is 0 Å². The highest BCUT2D eigenvalue weighted by Gasteiger charge is 2.51. The predicted octanol–water partition coefficient (Wildman–Crippen LogP) is 8.81. The fourth-order valence-electron chi connectivity index (χ4n) is 4.41. The first-order valence-electron chi connectivity index (χ1n) is 11.7. The average molecular weight is 552 g/mol. The molecule has 1 unspecified atom stereocenters. The molecule has 5 rings (SSSR count). The number of rotatable bonds is 7. The third-order valence-electron chi connectivity index (χ3n) is 6.64. The Morgan fingerprint density at radius 2 is 1.62 bits per heavy atom. The van der Waals surface area contributed by atoms with E-state index in [1.165, 1.54) is 11.3 Å². The number of amides is 1. The number of nitrogens with one attached hydrogen (secondary N) is 1. The Kier molecular flexibility index (Phi) is 6.99. The summed E-state index contributed by atoms with van der Waals surface area (Å²) in [5, 5.41) is 13.1. The summed E-state index contributed by atoms with van der Waals surface area (Å²) in [7, 11) is 0. The van der Waals surface area contributed by atoms with Crippen LogP contribution in [0.4, 0.5) is 10.5 Å². The quantitative estimate of drug-likeness (QED) is 0.240. The van der Waals surface area contributed by atoms with Gasteiger partial charge in [0.25, 0.3) is 0 Å². The Labute approximate surface area is 228 Å². The van der Waals surface area contributed by atoms with Gasteiger partial charge in [0.15, 0.2) is 0 Å². The van der Waals surface area contributed by atoms with Crippen LogP contribution in [0.15, 0.2) is 78.9 Å². The lowest BCUT2D eigenvalue weighted by atomic mass is 9.92. The first kappa shape index (κ1) is 25.3. The van der Waals surface area contributed by atoms with Gasteiger partial charge in [0, 0.05) is 10.6 Å². The van der Waals surface area contributed by atoms with Gasteiger partial charge < -0.3 is 9.84 Å². The molecule has 1 fully saturated rings. The lowest BCUT2D eigenvalue weighted by Crippen LogP contribution is -2.19. The van der Waals surface area contributed by atoms with E-state index in [1.807, 2.05) is 60.7 Å². The van der Waals surface area contributed by atoms with Crippen LogP contribution in [0.25, 0.3) is 21.6 Å². The minimum Gasteiger partial charge on any atom is -0.481 e. The summed E-state index contributed by atoms with van der Waals surface area (Å²) < 4.78 is 6.11. The lowest BCUT2D eigenvalue weighted by Gasteiger charge is -2.16. The molecule has 0 aliphatic heterocycles. The van der Waals surface area contributed by atoms with Crippen molar-refractivity contribution in [1.29, 1.82) is 0 Å². The van der Waals surface area contributed by atoms with Crippen molar-refractivity contribution >= 4 is 52.3 Å². The SMILES string of the molecule is CC(OC(=O)Nc1cc(Cl)sc1-c1ccccc1-c1ccc(C2(C(=O)O)CC2)cc1)c1ccc(Cl)cc1. The summed E-state index contributed by atoms with van der Waals surface area (Å²) in [6.07, 6.45) is 0.256. The van der Waals surface area contributed by atoms with Crippen LogP contribution in [-0.4, -0.2) is 17.2 Å². The number of ether oxygens (including phenoxy) is 1. The first-order valence-corrected chi connectivity index (χ1v) is 13.3. The highest BCUT2D eigenvalue weighted by molar-refractivity contribution is 7.20. The average Bonchev–Trinajstić information content (AvgIpc) is 3.63. The minimum absolute atomic E-state index is 0.471. The molecule has 0 bridgehead atoms. The van der Waals surface area contributed by atoms with Crippen LogP contribution < -0.4 is 5.32 Å². The van der Waals surface area contributed by atoms with Gasteiger partial charge >= 0.3 is 12.1 Å². The van der Waals surface area contributed by atoms with Crippen molar-refractivity contribution in [2.45, 2.75) is 31.3 Å². The monoisotopic (exact) mass is 551 g/mol.